The van der Waals surface area contributed by atoms with Gasteiger partial charge in [-0.2, -0.15) is 0 Å². The third-order valence-corrected chi connectivity index (χ3v) is 6.68. The molecule has 2 aromatic heterocycles. The lowest BCUT2D eigenvalue weighted by atomic mass is 10.4. The quantitative estimate of drug-likeness (QED) is 0.909. The Morgan fingerprint density at radius 1 is 1.39 bits per heavy atom. The van der Waals surface area contributed by atoms with E-state index < -0.39 is 10.0 Å². The maximum atomic E-state index is 12.1. The molecule has 0 radical (unpaired) electrons. The van der Waals surface area contributed by atoms with Crippen molar-refractivity contribution in [2.24, 2.45) is 0 Å². The highest BCUT2D eigenvalue weighted by Gasteiger charge is 2.21. The molecule has 3 N–H and O–H groups in total. The summed E-state index contributed by atoms with van der Waals surface area (Å²) in [4.78, 5) is 5.50. The second-order valence-electron chi connectivity index (χ2n) is 4.05. The Labute approximate surface area is 113 Å². The molecule has 0 fully saturated rings. The molecule has 1 aliphatic carbocycles. The van der Waals surface area contributed by atoms with E-state index in [1.54, 1.807) is 5.38 Å². The zero-order valence-corrected chi connectivity index (χ0v) is 11.8. The van der Waals surface area contributed by atoms with Gasteiger partial charge in [0.05, 0.1) is 5.69 Å². The summed E-state index contributed by atoms with van der Waals surface area (Å²) in [5.74, 6) is 0. The van der Waals surface area contributed by atoms with Crippen LogP contribution in [0.4, 0.5) is 10.8 Å². The van der Waals surface area contributed by atoms with E-state index in [0.717, 1.165) is 36.3 Å². The number of sulfonamides is 1. The summed E-state index contributed by atoms with van der Waals surface area (Å²) in [6.07, 6.45) is 3.06. The Kier molecular flexibility index (Phi) is 2.80. The van der Waals surface area contributed by atoms with Crippen LogP contribution in [0, 0.1) is 0 Å². The van der Waals surface area contributed by atoms with Crippen molar-refractivity contribution in [2.45, 2.75) is 23.5 Å². The van der Waals surface area contributed by atoms with Gasteiger partial charge in [0, 0.05) is 15.9 Å². The van der Waals surface area contributed by atoms with Gasteiger partial charge in [0.15, 0.2) is 5.13 Å². The standard InChI is InChI=1S/C10H11N3O2S3/c11-6-4-9(16-5-6)18(14,15)13-10-12-7-2-1-3-8(7)17-10/h4-5H,1-3,11H2,(H,12,13). The van der Waals surface area contributed by atoms with E-state index in [0.29, 0.717) is 10.8 Å². The summed E-state index contributed by atoms with van der Waals surface area (Å²) in [6.45, 7) is 0. The second kappa shape index (κ2) is 4.22. The van der Waals surface area contributed by atoms with Crippen molar-refractivity contribution in [1.29, 1.82) is 0 Å². The molecule has 0 spiro atoms. The van der Waals surface area contributed by atoms with Gasteiger partial charge in [-0.3, -0.25) is 4.72 Å². The van der Waals surface area contributed by atoms with Gasteiger partial charge < -0.3 is 5.73 Å². The van der Waals surface area contributed by atoms with Gasteiger partial charge in [0.2, 0.25) is 0 Å². The number of nitrogens with two attached hydrogens (primary N) is 1. The molecule has 1 aliphatic rings. The summed E-state index contributed by atoms with van der Waals surface area (Å²) in [5.41, 5.74) is 7.02. The fourth-order valence-corrected chi connectivity index (χ4v) is 5.24. The van der Waals surface area contributed by atoms with Crippen LogP contribution >= 0.6 is 22.7 Å². The van der Waals surface area contributed by atoms with Crippen LogP contribution in [-0.4, -0.2) is 13.4 Å². The predicted octanol–water partition coefficient (Wildman–Crippen LogP) is 2.08. The smallest absolute Gasteiger partial charge is 0.273 e. The molecule has 5 nitrogen and oxygen atoms in total. The molecule has 0 saturated carbocycles. The molecule has 0 atom stereocenters. The molecule has 2 heterocycles. The number of fused-ring (bicyclic) bond motifs is 1. The minimum atomic E-state index is -3.54. The first-order chi connectivity index (χ1) is 8.54. The molecule has 0 bridgehead atoms. The van der Waals surface area contributed by atoms with Gasteiger partial charge in [-0.25, -0.2) is 13.4 Å². The summed E-state index contributed by atoms with van der Waals surface area (Å²) in [6, 6.07) is 1.45. The Bertz CT molecular complexity index is 666. The van der Waals surface area contributed by atoms with Crippen molar-refractivity contribution in [1.82, 2.24) is 4.98 Å². The number of hydrogen-bond acceptors (Lipinski definition) is 6. The van der Waals surface area contributed by atoms with E-state index in [1.165, 1.54) is 22.3 Å². The number of anilines is 2. The fraction of sp³-hybridized carbons (Fsp3) is 0.300. The number of aromatic nitrogens is 1. The van der Waals surface area contributed by atoms with Crippen molar-refractivity contribution in [3.05, 3.63) is 22.0 Å². The number of aryl methyl sites for hydroxylation is 2. The van der Waals surface area contributed by atoms with E-state index in [9.17, 15) is 8.42 Å². The Morgan fingerprint density at radius 2 is 2.22 bits per heavy atom. The SMILES string of the molecule is Nc1csc(S(=O)(=O)Nc2nc3c(s2)CCC3)c1. The van der Waals surface area contributed by atoms with E-state index in [4.69, 9.17) is 5.73 Å². The van der Waals surface area contributed by atoms with Crippen LogP contribution in [0.2, 0.25) is 0 Å². The first-order valence-corrected chi connectivity index (χ1v) is 8.58. The van der Waals surface area contributed by atoms with E-state index in [-0.39, 0.29) is 4.21 Å². The van der Waals surface area contributed by atoms with Crippen LogP contribution in [0.15, 0.2) is 15.7 Å². The van der Waals surface area contributed by atoms with Crippen molar-refractivity contribution < 1.29 is 8.42 Å². The molecule has 8 heteroatoms. The van der Waals surface area contributed by atoms with Crippen molar-refractivity contribution in [3.8, 4) is 0 Å². The van der Waals surface area contributed by atoms with Crippen LogP contribution in [0.5, 0.6) is 0 Å². The Morgan fingerprint density at radius 3 is 2.89 bits per heavy atom. The van der Waals surface area contributed by atoms with Crippen molar-refractivity contribution in [2.75, 3.05) is 10.5 Å². The van der Waals surface area contributed by atoms with E-state index >= 15 is 0 Å². The van der Waals surface area contributed by atoms with Crippen molar-refractivity contribution >= 4 is 43.5 Å². The van der Waals surface area contributed by atoms with Gasteiger partial charge >= 0.3 is 0 Å². The summed E-state index contributed by atoms with van der Waals surface area (Å²) >= 11 is 2.53. The minimum Gasteiger partial charge on any atom is -0.398 e. The maximum Gasteiger partial charge on any atom is 0.273 e. The number of nitrogens with one attached hydrogen (secondary N) is 1. The fourth-order valence-electron chi connectivity index (χ4n) is 1.87. The zero-order chi connectivity index (χ0) is 12.8. The predicted molar refractivity (Wildman–Crippen MR) is 73.7 cm³/mol. The Hall–Kier alpha value is -1.12. The van der Waals surface area contributed by atoms with Crippen LogP contribution in [-0.2, 0) is 22.9 Å². The van der Waals surface area contributed by atoms with Gasteiger partial charge in [-0.05, 0) is 25.3 Å². The maximum absolute atomic E-state index is 12.1. The molecule has 96 valence electrons. The van der Waals surface area contributed by atoms with E-state index in [1.807, 2.05) is 0 Å². The average Bonchev–Trinajstić information content (AvgIpc) is 2.92. The molecule has 0 aromatic carbocycles. The number of nitrogens with zero attached hydrogens (tertiary/aromatic N) is 1. The van der Waals surface area contributed by atoms with E-state index in [2.05, 4.69) is 9.71 Å². The topological polar surface area (TPSA) is 85.1 Å². The largest absolute Gasteiger partial charge is 0.398 e. The molecular weight excluding hydrogens is 290 g/mol. The molecule has 0 amide bonds. The molecule has 3 rings (SSSR count). The van der Waals surface area contributed by atoms with Crippen LogP contribution in [0.3, 0.4) is 0 Å². The first kappa shape index (κ1) is 11.9. The minimum absolute atomic E-state index is 0.218. The van der Waals surface area contributed by atoms with Gasteiger partial charge in [0.1, 0.15) is 4.21 Å². The third-order valence-electron chi connectivity index (χ3n) is 2.68. The third kappa shape index (κ3) is 2.11. The zero-order valence-electron chi connectivity index (χ0n) is 9.34. The summed E-state index contributed by atoms with van der Waals surface area (Å²) in [7, 11) is -3.54. The summed E-state index contributed by atoms with van der Waals surface area (Å²) < 4.78 is 26.8. The highest BCUT2D eigenvalue weighted by Crippen LogP contribution is 2.32. The van der Waals surface area contributed by atoms with Crippen LogP contribution < -0.4 is 10.5 Å². The highest BCUT2D eigenvalue weighted by atomic mass is 32.2. The monoisotopic (exact) mass is 301 g/mol. The normalized spacial score (nSPS) is 14.7. The summed E-state index contributed by atoms with van der Waals surface area (Å²) in [5, 5.41) is 2.06. The number of thiazole rings is 1. The molecule has 2 aromatic rings. The van der Waals surface area contributed by atoms with Gasteiger partial charge in [0.25, 0.3) is 10.0 Å². The number of nitrogen functional groups attached to an aromatic ring is 1. The molecule has 0 aliphatic heterocycles. The molecule has 18 heavy (non-hydrogen) atoms. The van der Waals surface area contributed by atoms with Crippen LogP contribution in [0.1, 0.15) is 17.0 Å². The first-order valence-electron chi connectivity index (χ1n) is 5.40. The lowest BCUT2D eigenvalue weighted by Gasteiger charge is -2.01. The van der Waals surface area contributed by atoms with Gasteiger partial charge in [-0.1, -0.05) is 0 Å². The highest BCUT2D eigenvalue weighted by molar-refractivity contribution is 7.94. The molecular formula is C10H11N3O2S3. The number of thiophene rings is 1. The molecule has 0 unspecified atom stereocenters. The average molecular weight is 301 g/mol. The second-order valence-corrected chi connectivity index (χ2v) is 7.95. The lowest BCUT2D eigenvalue weighted by Crippen LogP contribution is -2.11. The molecule has 0 saturated heterocycles. The van der Waals surface area contributed by atoms with Crippen LogP contribution in [0.25, 0.3) is 0 Å². The van der Waals surface area contributed by atoms with Gasteiger partial charge in [-0.15, -0.1) is 22.7 Å². The van der Waals surface area contributed by atoms with Crippen molar-refractivity contribution in [3.63, 3.8) is 0 Å². The number of hydrogen-bond donors (Lipinski definition) is 2. The Balaban J connectivity index is 1.87. The lowest BCUT2D eigenvalue weighted by molar-refractivity contribution is 0.603. The number of rotatable bonds is 3.